The minimum atomic E-state index is 0.501. The van der Waals surface area contributed by atoms with E-state index in [-0.39, 0.29) is 0 Å². The Morgan fingerprint density at radius 3 is 2.70 bits per heavy atom. The predicted octanol–water partition coefficient (Wildman–Crippen LogP) is 2.11. The molecule has 2 heteroatoms. The van der Waals surface area contributed by atoms with Crippen molar-refractivity contribution in [2.24, 2.45) is 0 Å². The van der Waals surface area contributed by atoms with Crippen LogP contribution in [0.25, 0.3) is 6.20 Å². The van der Waals surface area contributed by atoms with Crippen molar-refractivity contribution < 1.29 is 0 Å². The standard InChI is InChI=1S/C8H12N2/c1-4-10-5-8(7(2)3)9-6-10/h4-7H,1H2,2-3H3. The van der Waals surface area contributed by atoms with Gasteiger partial charge in [0, 0.05) is 12.4 Å². The molecule has 1 aromatic rings. The van der Waals surface area contributed by atoms with Crippen LogP contribution in [0.2, 0.25) is 0 Å². The fourth-order valence-corrected chi connectivity index (χ4v) is 0.751. The van der Waals surface area contributed by atoms with Crippen molar-refractivity contribution in [3.05, 3.63) is 24.8 Å². The molecular formula is C8H12N2. The van der Waals surface area contributed by atoms with Crippen molar-refractivity contribution in [3.63, 3.8) is 0 Å². The molecule has 0 saturated heterocycles. The van der Waals surface area contributed by atoms with E-state index < -0.39 is 0 Å². The molecule has 1 aromatic heterocycles. The van der Waals surface area contributed by atoms with Crippen molar-refractivity contribution in [1.29, 1.82) is 0 Å². The fourth-order valence-electron chi connectivity index (χ4n) is 0.751. The Bertz CT molecular complexity index is 223. The van der Waals surface area contributed by atoms with Crippen LogP contribution in [0.5, 0.6) is 0 Å². The SMILES string of the molecule is C=Cn1cnc(C(C)C)c1. The smallest absolute Gasteiger partial charge is 0.0990 e. The summed E-state index contributed by atoms with van der Waals surface area (Å²) in [6.07, 6.45) is 5.48. The highest BCUT2D eigenvalue weighted by atomic mass is 15.0. The summed E-state index contributed by atoms with van der Waals surface area (Å²) in [7, 11) is 0. The average molecular weight is 136 g/mol. The van der Waals surface area contributed by atoms with Gasteiger partial charge >= 0.3 is 0 Å². The molecule has 2 nitrogen and oxygen atoms in total. The van der Waals surface area contributed by atoms with E-state index in [1.54, 1.807) is 12.5 Å². The third kappa shape index (κ3) is 1.26. The van der Waals surface area contributed by atoms with Gasteiger partial charge in [0.25, 0.3) is 0 Å². The average Bonchev–Trinajstić information content (AvgIpc) is 2.34. The maximum absolute atomic E-state index is 4.18. The fraction of sp³-hybridized carbons (Fsp3) is 0.375. The van der Waals surface area contributed by atoms with Crippen molar-refractivity contribution in [2.45, 2.75) is 19.8 Å². The molecule has 1 rings (SSSR count). The van der Waals surface area contributed by atoms with Gasteiger partial charge in [0.1, 0.15) is 0 Å². The quantitative estimate of drug-likeness (QED) is 0.608. The van der Waals surface area contributed by atoms with E-state index in [9.17, 15) is 0 Å². The van der Waals surface area contributed by atoms with E-state index in [0.29, 0.717) is 5.92 Å². The van der Waals surface area contributed by atoms with Crippen LogP contribution in [0.4, 0.5) is 0 Å². The zero-order chi connectivity index (χ0) is 7.56. The van der Waals surface area contributed by atoms with E-state index in [2.05, 4.69) is 25.4 Å². The van der Waals surface area contributed by atoms with Crippen molar-refractivity contribution >= 4 is 6.20 Å². The van der Waals surface area contributed by atoms with Gasteiger partial charge in [0.15, 0.2) is 0 Å². The third-order valence-corrected chi connectivity index (χ3v) is 1.42. The summed E-state index contributed by atoms with van der Waals surface area (Å²) in [6.45, 7) is 7.87. The van der Waals surface area contributed by atoms with E-state index >= 15 is 0 Å². The largest absolute Gasteiger partial charge is 0.313 e. The molecule has 0 aliphatic heterocycles. The van der Waals surface area contributed by atoms with Gasteiger partial charge in [-0.25, -0.2) is 4.98 Å². The minimum absolute atomic E-state index is 0.501. The highest BCUT2D eigenvalue weighted by Crippen LogP contribution is 2.09. The molecule has 0 radical (unpaired) electrons. The van der Waals surface area contributed by atoms with Gasteiger partial charge in [0.2, 0.25) is 0 Å². The van der Waals surface area contributed by atoms with Crippen molar-refractivity contribution in [3.8, 4) is 0 Å². The van der Waals surface area contributed by atoms with Gasteiger partial charge in [0.05, 0.1) is 12.0 Å². The molecule has 0 spiro atoms. The molecule has 0 saturated carbocycles. The molecule has 0 fully saturated rings. The molecule has 54 valence electrons. The molecule has 0 aliphatic carbocycles. The van der Waals surface area contributed by atoms with Crippen LogP contribution in [0.15, 0.2) is 19.1 Å². The minimum Gasteiger partial charge on any atom is -0.313 e. The second kappa shape index (κ2) is 2.69. The van der Waals surface area contributed by atoms with Gasteiger partial charge in [-0.15, -0.1) is 0 Å². The third-order valence-electron chi connectivity index (χ3n) is 1.42. The summed E-state index contributed by atoms with van der Waals surface area (Å²) in [4.78, 5) is 4.18. The van der Waals surface area contributed by atoms with Crippen LogP contribution in [0.1, 0.15) is 25.5 Å². The Labute approximate surface area is 61.2 Å². The summed E-state index contributed by atoms with van der Waals surface area (Å²) >= 11 is 0. The van der Waals surface area contributed by atoms with Gasteiger partial charge < -0.3 is 4.57 Å². The molecule has 1 heterocycles. The first-order valence-electron chi connectivity index (χ1n) is 3.40. The van der Waals surface area contributed by atoms with Crippen LogP contribution in [-0.4, -0.2) is 9.55 Å². The lowest BCUT2D eigenvalue weighted by Crippen LogP contribution is -1.85. The summed E-state index contributed by atoms with van der Waals surface area (Å²) < 4.78 is 1.86. The predicted molar refractivity (Wildman–Crippen MR) is 42.7 cm³/mol. The molecular weight excluding hydrogens is 124 g/mol. The molecule has 0 amide bonds. The Kier molecular flexibility index (Phi) is 1.90. The van der Waals surface area contributed by atoms with Crippen LogP contribution < -0.4 is 0 Å². The molecule has 0 aromatic carbocycles. The lowest BCUT2D eigenvalue weighted by Gasteiger charge is -1.95. The van der Waals surface area contributed by atoms with Crippen molar-refractivity contribution in [2.75, 3.05) is 0 Å². The molecule has 0 bridgehead atoms. The van der Waals surface area contributed by atoms with Crippen LogP contribution >= 0.6 is 0 Å². The van der Waals surface area contributed by atoms with E-state index in [0.717, 1.165) is 5.69 Å². The number of nitrogens with zero attached hydrogens (tertiary/aromatic N) is 2. The summed E-state index contributed by atoms with van der Waals surface area (Å²) in [5, 5.41) is 0. The number of hydrogen-bond donors (Lipinski definition) is 0. The lowest BCUT2D eigenvalue weighted by molar-refractivity contribution is 0.832. The van der Waals surface area contributed by atoms with Gasteiger partial charge in [-0.2, -0.15) is 0 Å². The first-order valence-corrected chi connectivity index (χ1v) is 3.40. The molecule has 0 N–H and O–H groups in total. The topological polar surface area (TPSA) is 17.8 Å². The monoisotopic (exact) mass is 136 g/mol. The lowest BCUT2D eigenvalue weighted by atomic mass is 10.2. The molecule has 0 unspecified atom stereocenters. The summed E-state index contributed by atoms with van der Waals surface area (Å²) in [5.41, 5.74) is 1.11. The van der Waals surface area contributed by atoms with E-state index in [4.69, 9.17) is 0 Å². The second-order valence-corrected chi connectivity index (χ2v) is 2.58. The summed E-state index contributed by atoms with van der Waals surface area (Å²) in [5.74, 6) is 0.501. The Morgan fingerprint density at radius 2 is 2.40 bits per heavy atom. The number of rotatable bonds is 2. The molecule has 0 aliphatic rings. The van der Waals surface area contributed by atoms with Crippen molar-refractivity contribution in [1.82, 2.24) is 9.55 Å². The van der Waals surface area contributed by atoms with E-state index in [1.165, 1.54) is 0 Å². The summed E-state index contributed by atoms with van der Waals surface area (Å²) in [6, 6.07) is 0. The zero-order valence-electron chi connectivity index (χ0n) is 6.41. The maximum atomic E-state index is 4.18. The first-order chi connectivity index (χ1) is 4.74. The van der Waals surface area contributed by atoms with Gasteiger partial charge in [-0.1, -0.05) is 20.4 Å². The van der Waals surface area contributed by atoms with Gasteiger partial charge in [-0.3, -0.25) is 0 Å². The Morgan fingerprint density at radius 1 is 1.70 bits per heavy atom. The number of aromatic nitrogens is 2. The van der Waals surface area contributed by atoms with Crippen LogP contribution in [0, 0.1) is 0 Å². The zero-order valence-corrected chi connectivity index (χ0v) is 6.41. The first kappa shape index (κ1) is 7.06. The Hall–Kier alpha value is -1.05. The maximum Gasteiger partial charge on any atom is 0.0990 e. The highest BCUT2D eigenvalue weighted by Gasteiger charge is 2.00. The van der Waals surface area contributed by atoms with Crippen LogP contribution in [0.3, 0.4) is 0 Å². The number of imidazole rings is 1. The Balaban J connectivity index is 2.88. The van der Waals surface area contributed by atoms with Crippen LogP contribution in [-0.2, 0) is 0 Å². The molecule has 0 atom stereocenters. The molecule has 10 heavy (non-hydrogen) atoms. The van der Waals surface area contributed by atoms with Gasteiger partial charge in [-0.05, 0) is 5.92 Å². The van der Waals surface area contributed by atoms with E-state index in [1.807, 2.05) is 10.8 Å². The normalized spacial score (nSPS) is 10.3. The number of hydrogen-bond acceptors (Lipinski definition) is 1. The highest BCUT2D eigenvalue weighted by molar-refractivity contribution is 5.18. The second-order valence-electron chi connectivity index (χ2n) is 2.58.